The van der Waals surface area contributed by atoms with E-state index in [2.05, 4.69) is 22.4 Å². The topological polar surface area (TPSA) is 94.0 Å². The van der Waals surface area contributed by atoms with Gasteiger partial charge in [0, 0.05) is 19.5 Å². The minimum atomic E-state index is -2.88. The van der Waals surface area contributed by atoms with E-state index in [-0.39, 0.29) is 29.4 Å². The molecule has 2 rings (SSSR count). The number of rotatable bonds is 8. The van der Waals surface area contributed by atoms with Crippen molar-refractivity contribution in [3.8, 4) is 0 Å². The summed E-state index contributed by atoms with van der Waals surface area (Å²) < 4.78 is 24.9. The molecule has 0 aromatic carbocycles. The van der Waals surface area contributed by atoms with Crippen LogP contribution in [0.1, 0.15) is 38.9 Å². The van der Waals surface area contributed by atoms with Gasteiger partial charge in [-0.15, -0.1) is 10.2 Å². The fraction of sp³-hybridized carbons (Fsp3) is 0.800. The third-order valence-corrected chi connectivity index (χ3v) is 7.04. The lowest BCUT2D eigenvalue weighted by Gasteiger charge is -2.12. The van der Waals surface area contributed by atoms with Crippen LogP contribution in [0.2, 0.25) is 0 Å². The molecule has 7 nitrogen and oxygen atoms in total. The van der Waals surface area contributed by atoms with Gasteiger partial charge in [-0.05, 0) is 25.7 Å². The zero-order valence-corrected chi connectivity index (χ0v) is 16.1. The molecule has 9 heteroatoms. The SMILES string of the molecule is CCC[C@@H](C)NC(=O)CSc1nnc(C[C@@H]2CCS(=O)(=O)C2)n1C. The molecule has 1 aromatic heterocycles. The van der Waals surface area contributed by atoms with Crippen molar-refractivity contribution in [1.82, 2.24) is 20.1 Å². The highest BCUT2D eigenvalue weighted by Gasteiger charge is 2.29. The van der Waals surface area contributed by atoms with Crippen LogP contribution >= 0.6 is 11.8 Å². The molecular weight excluding hydrogens is 348 g/mol. The van der Waals surface area contributed by atoms with E-state index in [9.17, 15) is 13.2 Å². The summed E-state index contributed by atoms with van der Waals surface area (Å²) in [4.78, 5) is 11.9. The average molecular weight is 375 g/mol. The monoisotopic (exact) mass is 374 g/mol. The Bertz CT molecular complexity index is 672. The first-order chi connectivity index (χ1) is 11.3. The Kier molecular flexibility index (Phi) is 6.68. The van der Waals surface area contributed by atoms with E-state index in [0.717, 1.165) is 18.7 Å². The highest BCUT2D eigenvalue weighted by molar-refractivity contribution is 7.99. The summed E-state index contributed by atoms with van der Waals surface area (Å²) in [6, 6.07) is 0.183. The van der Waals surface area contributed by atoms with E-state index in [0.29, 0.717) is 23.8 Å². The van der Waals surface area contributed by atoms with Gasteiger partial charge in [0.05, 0.1) is 17.3 Å². The minimum absolute atomic E-state index is 0.00705. The van der Waals surface area contributed by atoms with E-state index in [1.807, 2.05) is 18.5 Å². The third-order valence-electron chi connectivity index (χ3n) is 4.18. The summed E-state index contributed by atoms with van der Waals surface area (Å²) in [6.45, 7) is 4.09. The lowest BCUT2D eigenvalue weighted by molar-refractivity contribution is -0.119. The molecule has 1 aliphatic rings. The van der Waals surface area contributed by atoms with Gasteiger partial charge in [-0.2, -0.15) is 0 Å². The third kappa shape index (κ3) is 5.47. The van der Waals surface area contributed by atoms with E-state index in [4.69, 9.17) is 0 Å². The summed E-state index contributed by atoms with van der Waals surface area (Å²) in [5.41, 5.74) is 0. The van der Waals surface area contributed by atoms with Gasteiger partial charge in [-0.1, -0.05) is 25.1 Å². The van der Waals surface area contributed by atoms with Crippen LogP contribution in [-0.2, 0) is 28.1 Å². The highest BCUT2D eigenvalue weighted by atomic mass is 32.2. The predicted octanol–water partition coefficient (Wildman–Crippen LogP) is 1.19. The number of amides is 1. The Balaban J connectivity index is 1.85. The summed E-state index contributed by atoms with van der Waals surface area (Å²) in [5.74, 6) is 1.70. The normalized spacial score (nSPS) is 20.9. The van der Waals surface area contributed by atoms with Crippen molar-refractivity contribution in [1.29, 1.82) is 0 Å². The van der Waals surface area contributed by atoms with E-state index >= 15 is 0 Å². The van der Waals surface area contributed by atoms with Gasteiger partial charge in [0.25, 0.3) is 0 Å². The van der Waals surface area contributed by atoms with Crippen molar-refractivity contribution in [2.45, 2.75) is 50.7 Å². The molecule has 0 bridgehead atoms. The molecule has 1 saturated heterocycles. The van der Waals surface area contributed by atoms with Crippen molar-refractivity contribution in [3.63, 3.8) is 0 Å². The van der Waals surface area contributed by atoms with Crippen molar-refractivity contribution < 1.29 is 13.2 Å². The average Bonchev–Trinajstić information content (AvgIpc) is 3.01. The molecule has 24 heavy (non-hydrogen) atoms. The van der Waals surface area contributed by atoms with Gasteiger partial charge in [0.15, 0.2) is 15.0 Å². The molecule has 0 saturated carbocycles. The number of aromatic nitrogens is 3. The number of nitrogens with one attached hydrogen (secondary N) is 1. The maximum absolute atomic E-state index is 11.9. The smallest absolute Gasteiger partial charge is 0.230 e. The van der Waals surface area contributed by atoms with Gasteiger partial charge in [0.1, 0.15) is 5.82 Å². The Morgan fingerprint density at radius 2 is 2.21 bits per heavy atom. The van der Waals surface area contributed by atoms with Crippen LogP contribution in [0, 0.1) is 5.92 Å². The summed E-state index contributed by atoms with van der Waals surface area (Å²) in [7, 11) is -1.02. The highest BCUT2D eigenvalue weighted by Crippen LogP contribution is 2.23. The molecule has 1 aliphatic heterocycles. The Morgan fingerprint density at radius 1 is 1.46 bits per heavy atom. The van der Waals surface area contributed by atoms with Gasteiger partial charge < -0.3 is 9.88 Å². The number of nitrogens with zero attached hydrogens (tertiary/aromatic N) is 3. The van der Waals surface area contributed by atoms with Gasteiger partial charge in [0.2, 0.25) is 5.91 Å². The van der Waals surface area contributed by atoms with Crippen molar-refractivity contribution in [2.24, 2.45) is 13.0 Å². The lowest BCUT2D eigenvalue weighted by Crippen LogP contribution is -2.33. The molecule has 0 aliphatic carbocycles. The lowest BCUT2D eigenvalue weighted by atomic mass is 10.1. The minimum Gasteiger partial charge on any atom is -0.353 e. The van der Waals surface area contributed by atoms with Crippen LogP contribution in [0.25, 0.3) is 0 Å². The summed E-state index contributed by atoms with van der Waals surface area (Å²) in [6.07, 6.45) is 3.31. The van der Waals surface area contributed by atoms with Crippen LogP contribution in [0.5, 0.6) is 0 Å². The fourth-order valence-electron chi connectivity index (χ4n) is 2.89. The molecular formula is C15H26N4O3S2. The molecule has 0 radical (unpaired) electrons. The van der Waals surface area contributed by atoms with Crippen LogP contribution in [0.15, 0.2) is 5.16 Å². The number of hydrogen-bond donors (Lipinski definition) is 1. The molecule has 0 spiro atoms. The van der Waals surface area contributed by atoms with Crippen molar-refractivity contribution in [3.05, 3.63) is 5.82 Å². The molecule has 1 N–H and O–H groups in total. The van der Waals surface area contributed by atoms with E-state index in [1.54, 1.807) is 0 Å². The molecule has 0 unspecified atom stereocenters. The molecule has 1 amide bonds. The van der Waals surface area contributed by atoms with Crippen LogP contribution in [-0.4, -0.2) is 52.4 Å². The fourth-order valence-corrected chi connectivity index (χ4v) is 5.49. The number of carbonyl (C=O) groups is 1. The molecule has 1 fully saturated rings. The van der Waals surface area contributed by atoms with Gasteiger partial charge in [-0.3, -0.25) is 4.79 Å². The number of carbonyl (C=O) groups excluding carboxylic acids is 1. The zero-order chi connectivity index (χ0) is 17.7. The largest absolute Gasteiger partial charge is 0.353 e. The first kappa shape index (κ1) is 19.2. The van der Waals surface area contributed by atoms with Crippen LogP contribution in [0.4, 0.5) is 0 Å². The maximum atomic E-state index is 11.9. The number of hydrogen-bond acceptors (Lipinski definition) is 6. The Hall–Kier alpha value is -1.09. The van der Waals surface area contributed by atoms with Crippen LogP contribution < -0.4 is 5.32 Å². The van der Waals surface area contributed by atoms with Crippen molar-refractivity contribution in [2.75, 3.05) is 17.3 Å². The van der Waals surface area contributed by atoms with Crippen LogP contribution in [0.3, 0.4) is 0 Å². The zero-order valence-electron chi connectivity index (χ0n) is 14.5. The summed E-state index contributed by atoms with van der Waals surface area (Å²) in [5, 5.41) is 11.9. The number of sulfone groups is 1. The molecule has 1 aromatic rings. The molecule has 2 heterocycles. The van der Waals surface area contributed by atoms with Crippen molar-refractivity contribution >= 4 is 27.5 Å². The second-order valence-electron chi connectivity index (χ2n) is 6.48. The second-order valence-corrected chi connectivity index (χ2v) is 9.65. The maximum Gasteiger partial charge on any atom is 0.230 e. The molecule has 2 atom stereocenters. The predicted molar refractivity (Wildman–Crippen MR) is 94.7 cm³/mol. The Morgan fingerprint density at radius 3 is 2.83 bits per heavy atom. The summed E-state index contributed by atoms with van der Waals surface area (Å²) >= 11 is 1.35. The first-order valence-corrected chi connectivity index (χ1v) is 11.1. The van der Waals surface area contributed by atoms with E-state index in [1.165, 1.54) is 11.8 Å². The quantitative estimate of drug-likeness (QED) is 0.687. The van der Waals surface area contributed by atoms with Gasteiger partial charge in [-0.25, -0.2) is 8.42 Å². The Labute approximate surface area is 147 Å². The first-order valence-electron chi connectivity index (χ1n) is 8.31. The number of thioether (sulfide) groups is 1. The standard InChI is InChI=1S/C15H26N4O3S2/c1-4-5-11(2)16-14(20)9-23-15-18-17-13(19(15)3)8-12-6-7-24(21,22)10-12/h11-12H,4-10H2,1-3H3,(H,16,20)/t11-,12+/m1/s1. The second kappa shape index (κ2) is 8.33. The van der Waals surface area contributed by atoms with E-state index < -0.39 is 9.84 Å². The molecule has 136 valence electrons. The van der Waals surface area contributed by atoms with Gasteiger partial charge >= 0.3 is 0 Å².